The Balaban J connectivity index is 2.29. The Morgan fingerprint density at radius 1 is 1.24 bits per heavy atom. The minimum Gasteiger partial charge on any atom is -0.282 e. The lowest BCUT2D eigenvalue weighted by Gasteiger charge is -2.03. The van der Waals surface area contributed by atoms with Crippen molar-refractivity contribution < 1.29 is 0 Å². The highest BCUT2D eigenvalue weighted by Gasteiger charge is 2.08. The number of hydrogen-bond acceptors (Lipinski definition) is 4. The van der Waals surface area contributed by atoms with Crippen LogP contribution in [-0.2, 0) is 0 Å². The highest BCUT2D eigenvalue weighted by Crippen LogP contribution is 2.21. The number of nitrogens with zero attached hydrogens (tertiary/aromatic N) is 3. The first kappa shape index (κ1) is 10.1. The van der Waals surface area contributed by atoms with E-state index < -0.39 is 0 Å². The van der Waals surface area contributed by atoms with Crippen LogP contribution in [0, 0.1) is 11.7 Å². The van der Waals surface area contributed by atoms with Gasteiger partial charge in [0.2, 0.25) is 4.77 Å². The molecule has 0 atom stereocenters. The van der Waals surface area contributed by atoms with Crippen LogP contribution in [0.1, 0.15) is 5.69 Å². The summed E-state index contributed by atoms with van der Waals surface area (Å²) in [5.74, 6) is 0.700. The molecule has 2 N–H and O–H groups in total. The van der Waals surface area contributed by atoms with Crippen molar-refractivity contribution in [3.63, 3.8) is 0 Å². The van der Waals surface area contributed by atoms with Gasteiger partial charge in [0.1, 0.15) is 0 Å². The van der Waals surface area contributed by atoms with Gasteiger partial charge in [-0.3, -0.25) is 10.2 Å². The molecule has 3 aromatic heterocycles. The number of fused-ring (bicyclic) bond motifs is 1. The first-order chi connectivity index (χ1) is 8.24. The molecular weight excluding hydrogens is 234 g/mol. The summed E-state index contributed by atoms with van der Waals surface area (Å²) in [7, 11) is 0. The molecule has 0 aliphatic carbocycles. The summed E-state index contributed by atoms with van der Waals surface area (Å²) in [5, 5.41) is 6.69. The van der Waals surface area contributed by atoms with Crippen molar-refractivity contribution in [2.24, 2.45) is 0 Å². The van der Waals surface area contributed by atoms with Crippen LogP contribution in [0.2, 0.25) is 0 Å². The van der Waals surface area contributed by atoms with Crippen LogP contribution in [0.4, 0.5) is 0 Å². The zero-order valence-electron chi connectivity index (χ0n) is 9.06. The van der Waals surface area contributed by atoms with Crippen molar-refractivity contribution in [3.8, 4) is 11.4 Å². The van der Waals surface area contributed by atoms with Gasteiger partial charge in [0.15, 0.2) is 11.5 Å². The van der Waals surface area contributed by atoms with E-state index in [2.05, 4.69) is 25.1 Å². The van der Waals surface area contributed by atoms with E-state index in [1.165, 1.54) is 0 Å². The second-order valence-corrected chi connectivity index (χ2v) is 4.07. The van der Waals surface area contributed by atoms with E-state index in [-0.39, 0.29) is 0 Å². The van der Waals surface area contributed by atoms with Crippen molar-refractivity contribution >= 4 is 23.3 Å². The first-order valence-corrected chi connectivity index (χ1v) is 5.52. The normalized spacial score (nSPS) is 10.9. The third kappa shape index (κ3) is 1.72. The van der Waals surface area contributed by atoms with Crippen LogP contribution >= 0.6 is 12.2 Å². The smallest absolute Gasteiger partial charge is 0.213 e. The number of hydrogen-bond donors (Lipinski definition) is 2. The Hall–Kier alpha value is -2.08. The van der Waals surface area contributed by atoms with E-state index in [1.54, 1.807) is 6.20 Å². The van der Waals surface area contributed by atoms with Gasteiger partial charge in [-0.05, 0) is 37.3 Å². The van der Waals surface area contributed by atoms with Crippen molar-refractivity contribution in [1.82, 2.24) is 25.1 Å². The number of nitrogens with one attached hydrogen (secondary N) is 2. The van der Waals surface area contributed by atoms with Crippen LogP contribution in [0.25, 0.3) is 22.4 Å². The van der Waals surface area contributed by atoms with Gasteiger partial charge >= 0.3 is 0 Å². The average Bonchev–Trinajstić information content (AvgIpc) is 2.75. The average molecular weight is 243 g/mol. The molecule has 17 heavy (non-hydrogen) atoms. The zero-order valence-corrected chi connectivity index (χ0v) is 9.88. The summed E-state index contributed by atoms with van der Waals surface area (Å²) < 4.78 is 0.436. The van der Waals surface area contributed by atoms with E-state index >= 15 is 0 Å². The van der Waals surface area contributed by atoms with E-state index in [9.17, 15) is 0 Å². The molecule has 0 spiro atoms. The van der Waals surface area contributed by atoms with Crippen LogP contribution in [0.15, 0.2) is 24.4 Å². The number of H-pyrrole nitrogens is 2. The van der Waals surface area contributed by atoms with Crippen molar-refractivity contribution in [2.45, 2.75) is 6.92 Å². The van der Waals surface area contributed by atoms with Gasteiger partial charge in [0.05, 0.1) is 5.69 Å². The van der Waals surface area contributed by atoms with Gasteiger partial charge in [0.25, 0.3) is 0 Å². The summed E-state index contributed by atoms with van der Waals surface area (Å²) in [6.07, 6.45) is 1.73. The van der Waals surface area contributed by atoms with Gasteiger partial charge in [-0.1, -0.05) is 0 Å². The number of pyridine rings is 2. The minimum absolute atomic E-state index is 0.436. The Labute approximate surface area is 102 Å². The third-order valence-corrected chi connectivity index (χ3v) is 2.73. The standard InChI is InChI=1S/C11H9N5S/c1-6-8(10-14-11(17)16-15-10)5-7-3-2-4-12-9(7)13-6/h2-5H,1H3,(H2,14,15,16,17). The molecule has 3 rings (SSSR count). The van der Waals surface area contributed by atoms with Crippen molar-refractivity contribution in [3.05, 3.63) is 34.9 Å². The number of aromatic nitrogens is 5. The van der Waals surface area contributed by atoms with Gasteiger partial charge in [-0.2, -0.15) is 4.98 Å². The molecule has 0 saturated carbocycles. The van der Waals surface area contributed by atoms with Gasteiger partial charge < -0.3 is 0 Å². The fourth-order valence-electron chi connectivity index (χ4n) is 1.73. The zero-order chi connectivity index (χ0) is 11.8. The maximum absolute atomic E-state index is 4.94. The Kier molecular flexibility index (Phi) is 2.22. The molecule has 0 aromatic carbocycles. The molecule has 0 aliphatic heterocycles. The minimum atomic E-state index is 0.436. The van der Waals surface area contributed by atoms with Crippen molar-refractivity contribution in [2.75, 3.05) is 0 Å². The molecule has 3 heterocycles. The number of aromatic amines is 2. The second-order valence-electron chi connectivity index (χ2n) is 3.69. The molecule has 0 amide bonds. The molecule has 0 aliphatic rings. The summed E-state index contributed by atoms with van der Waals surface area (Å²) in [6, 6.07) is 5.86. The Bertz CT molecular complexity index is 743. The fourth-order valence-corrected chi connectivity index (χ4v) is 1.87. The Morgan fingerprint density at radius 3 is 2.88 bits per heavy atom. The van der Waals surface area contributed by atoms with Gasteiger partial charge in [-0.25, -0.2) is 9.97 Å². The molecule has 84 valence electrons. The van der Waals surface area contributed by atoms with Crippen LogP contribution in [-0.4, -0.2) is 25.1 Å². The summed E-state index contributed by atoms with van der Waals surface area (Å²) >= 11 is 4.94. The number of aryl methyl sites for hydroxylation is 1. The topological polar surface area (TPSA) is 70.2 Å². The molecule has 5 nitrogen and oxygen atoms in total. The molecule has 0 saturated heterocycles. The van der Waals surface area contributed by atoms with E-state index in [0.717, 1.165) is 22.3 Å². The maximum atomic E-state index is 4.94. The van der Waals surface area contributed by atoms with Crippen LogP contribution in [0.3, 0.4) is 0 Å². The monoisotopic (exact) mass is 243 g/mol. The second kappa shape index (κ2) is 3.74. The van der Waals surface area contributed by atoms with Crippen LogP contribution < -0.4 is 0 Å². The largest absolute Gasteiger partial charge is 0.282 e. The summed E-state index contributed by atoms with van der Waals surface area (Å²) in [5.41, 5.74) is 2.54. The molecular formula is C11H9N5S. The quantitative estimate of drug-likeness (QED) is 0.644. The summed E-state index contributed by atoms with van der Waals surface area (Å²) in [6.45, 7) is 1.93. The molecule has 3 aromatic rings. The van der Waals surface area contributed by atoms with Gasteiger partial charge in [0, 0.05) is 17.1 Å². The molecule has 0 fully saturated rings. The molecule has 0 unspecified atom stereocenters. The lowest BCUT2D eigenvalue weighted by molar-refractivity contribution is 1.08. The number of rotatable bonds is 1. The van der Waals surface area contributed by atoms with Gasteiger partial charge in [-0.15, -0.1) is 0 Å². The summed E-state index contributed by atoms with van der Waals surface area (Å²) in [4.78, 5) is 12.8. The third-order valence-electron chi connectivity index (χ3n) is 2.54. The first-order valence-electron chi connectivity index (χ1n) is 5.11. The van der Waals surface area contributed by atoms with E-state index in [4.69, 9.17) is 12.2 Å². The fraction of sp³-hybridized carbons (Fsp3) is 0.0909. The van der Waals surface area contributed by atoms with E-state index in [0.29, 0.717) is 10.6 Å². The lowest BCUT2D eigenvalue weighted by atomic mass is 10.1. The predicted octanol–water partition coefficient (Wildman–Crippen LogP) is 2.39. The maximum Gasteiger partial charge on any atom is 0.213 e. The lowest BCUT2D eigenvalue weighted by Crippen LogP contribution is -1.92. The molecule has 6 heteroatoms. The molecule has 0 bridgehead atoms. The SMILES string of the molecule is Cc1nc2ncccc2cc1-c1nc(=S)[nH][nH]1. The van der Waals surface area contributed by atoms with E-state index in [1.807, 2.05) is 25.1 Å². The molecule has 0 radical (unpaired) electrons. The predicted molar refractivity (Wildman–Crippen MR) is 67.0 cm³/mol. The highest BCUT2D eigenvalue weighted by atomic mass is 32.1. The highest BCUT2D eigenvalue weighted by molar-refractivity contribution is 7.71. The Morgan fingerprint density at radius 2 is 2.12 bits per heavy atom. The van der Waals surface area contributed by atoms with Crippen molar-refractivity contribution in [1.29, 1.82) is 0 Å². The van der Waals surface area contributed by atoms with Crippen LogP contribution in [0.5, 0.6) is 0 Å².